The van der Waals surface area contributed by atoms with Gasteiger partial charge in [0.25, 0.3) is 0 Å². The van der Waals surface area contributed by atoms with Gasteiger partial charge in [0.2, 0.25) is 5.91 Å². The first kappa shape index (κ1) is 16.2. The first-order valence-corrected chi connectivity index (χ1v) is 8.05. The zero-order valence-corrected chi connectivity index (χ0v) is 13.6. The molecule has 0 atom stereocenters. The van der Waals surface area contributed by atoms with Gasteiger partial charge in [0.05, 0.1) is 0 Å². The molecule has 2 aromatic rings. The van der Waals surface area contributed by atoms with Gasteiger partial charge in [-0.1, -0.05) is 11.8 Å². The fourth-order valence-electron chi connectivity index (χ4n) is 2.09. The van der Waals surface area contributed by atoms with Crippen LogP contribution >= 0.6 is 11.8 Å². The molecule has 0 unspecified atom stereocenters. The van der Waals surface area contributed by atoms with Crippen LogP contribution in [0, 0.1) is 13.8 Å². The van der Waals surface area contributed by atoms with Gasteiger partial charge in [-0.15, -0.1) is 0 Å². The summed E-state index contributed by atoms with van der Waals surface area (Å²) in [6.45, 7) is 3.85. The third-order valence-corrected chi connectivity index (χ3v) is 3.78. The maximum absolute atomic E-state index is 12.0. The highest BCUT2D eigenvalue weighted by Crippen LogP contribution is 2.20. The van der Waals surface area contributed by atoms with E-state index in [-0.39, 0.29) is 23.9 Å². The number of amides is 1. The van der Waals surface area contributed by atoms with E-state index in [2.05, 4.69) is 20.3 Å². The summed E-state index contributed by atoms with van der Waals surface area (Å²) in [7, 11) is 0. The number of hydrogen-bond donors (Lipinski definition) is 2. The van der Waals surface area contributed by atoms with Gasteiger partial charge in [0.1, 0.15) is 0 Å². The van der Waals surface area contributed by atoms with Crippen molar-refractivity contribution < 1.29 is 9.90 Å². The Morgan fingerprint density at radius 1 is 1.32 bits per heavy atom. The fourth-order valence-corrected chi connectivity index (χ4v) is 2.54. The zero-order chi connectivity index (χ0) is 16.1. The Morgan fingerprint density at radius 2 is 2.00 bits per heavy atom. The Kier molecular flexibility index (Phi) is 5.32. The summed E-state index contributed by atoms with van der Waals surface area (Å²) in [4.78, 5) is 24.7. The number of carbonyl (C=O) groups is 1. The van der Waals surface area contributed by atoms with Crippen molar-refractivity contribution in [3.8, 4) is 5.75 Å². The normalized spacial score (nSPS) is 10.5. The van der Waals surface area contributed by atoms with Crippen LogP contribution in [0.5, 0.6) is 5.75 Å². The fraction of sp³-hybridized carbons (Fsp3) is 0.333. The van der Waals surface area contributed by atoms with Gasteiger partial charge < -0.3 is 10.4 Å². The molecule has 7 heteroatoms. The molecule has 116 valence electrons. The third-order valence-electron chi connectivity index (χ3n) is 3.23. The molecular formula is C15H18N4O2S. The second-order valence-electron chi connectivity index (χ2n) is 4.78. The number of aromatic hydroxyl groups is 1. The summed E-state index contributed by atoms with van der Waals surface area (Å²) >= 11 is 1.50. The predicted molar refractivity (Wildman–Crippen MR) is 86.1 cm³/mol. The van der Waals surface area contributed by atoms with Crippen molar-refractivity contribution in [2.75, 3.05) is 11.6 Å². The van der Waals surface area contributed by atoms with Gasteiger partial charge in [-0.25, -0.2) is 15.0 Å². The largest absolute Gasteiger partial charge is 0.504 e. The van der Waals surface area contributed by atoms with E-state index in [0.717, 1.165) is 22.1 Å². The van der Waals surface area contributed by atoms with E-state index >= 15 is 0 Å². The van der Waals surface area contributed by atoms with E-state index in [1.54, 1.807) is 6.07 Å². The summed E-state index contributed by atoms with van der Waals surface area (Å²) < 4.78 is 0. The van der Waals surface area contributed by atoms with Crippen LogP contribution in [0.15, 0.2) is 23.5 Å². The van der Waals surface area contributed by atoms with E-state index < -0.39 is 0 Å². The molecule has 0 aliphatic heterocycles. The number of pyridine rings is 1. The molecule has 0 aliphatic carbocycles. The summed E-state index contributed by atoms with van der Waals surface area (Å²) in [5.74, 6) is -0.0764. The van der Waals surface area contributed by atoms with Crippen molar-refractivity contribution in [2.45, 2.75) is 31.8 Å². The minimum atomic E-state index is -0.207. The van der Waals surface area contributed by atoms with Crippen LogP contribution in [0.4, 0.5) is 5.82 Å². The molecule has 2 N–H and O–H groups in total. The molecule has 0 radical (unpaired) electrons. The Hall–Kier alpha value is -2.15. The lowest BCUT2D eigenvalue weighted by atomic mass is 10.1. The quantitative estimate of drug-likeness (QED) is 0.650. The molecule has 0 bridgehead atoms. The Morgan fingerprint density at radius 3 is 2.59 bits per heavy atom. The number of nitrogens with zero attached hydrogens (tertiary/aromatic N) is 3. The maximum Gasteiger partial charge on any atom is 0.225 e. The summed E-state index contributed by atoms with van der Waals surface area (Å²) in [5, 5.41) is 12.9. The highest BCUT2D eigenvalue weighted by molar-refractivity contribution is 7.98. The number of rotatable bonds is 5. The molecule has 0 aliphatic rings. The molecule has 0 saturated heterocycles. The van der Waals surface area contributed by atoms with Crippen LogP contribution < -0.4 is 5.32 Å². The predicted octanol–water partition coefficient (Wildman–Crippen LogP) is 2.49. The van der Waals surface area contributed by atoms with E-state index in [1.807, 2.05) is 20.1 Å². The Bertz CT molecular complexity index is 668. The van der Waals surface area contributed by atoms with E-state index in [9.17, 15) is 9.90 Å². The smallest absolute Gasteiger partial charge is 0.225 e. The van der Waals surface area contributed by atoms with Gasteiger partial charge in [-0.3, -0.25) is 4.79 Å². The van der Waals surface area contributed by atoms with Crippen molar-refractivity contribution in [2.24, 2.45) is 0 Å². The third kappa shape index (κ3) is 3.94. The monoisotopic (exact) mass is 318 g/mol. The molecule has 22 heavy (non-hydrogen) atoms. The molecule has 2 rings (SSSR count). The molecule has 0 aromatic carbocycles. The molecule has 0 spiro atoms. The lowest BCUT2D eigenvalue weighted by molar-refractivity contribution is -0.116. The highest BCUT2D eigenvalue weighted by atomic mass is 32.2. The van der Waals surface area contributed by atoms with Crippen LogP contribution in [0.3, 0.4) is 0 Å². The molecule has 1 amide bonds. The first-order valence-electron chi connectivity index (χ1n) is 6.83. The highest BCUT2D eigenvalue weighted by Gasteiger charge is 2.12. The second-order valence-corrected chi connectivity index (χ2v) is 5.55. The van der Waals surface area contributed by atoms with Crippen LogP contribution in [-0.2, 0) is 11.2 Å². The van der Waals surface area contributed by atoms with E-state index in [0.29, 0.717) is 6.42 Å². The van der Waals surface area contributed by atoms with Crippen LogP contribution in [0.1, 0.15) is 23.4 Å². The summed E-state index contributed by atoms with van der Waals surface area (Å²) in [5.41, 5.74) is 2.77. The van der Waals surface area contributed by atoms with Crippen molar-refractivity contribution in [3.63, 3.8) is 0 Å². The Balaban J connectivity index is 2.01. The first-order chi connectivity index (χ1) is 10.5. The average Bonchev–Trinajstić information content (AvgIpc) is 2.48. The molecule has 2 heterocycles. The van der Waals surface area contributed by atoms with Gasteiger partial charge in [0.15, 0.2) is 16.7 Å². The van der Waals surface area contributed by atoms with E-state index in [4.69, 9.17) is 0 Å². The number of nitrogens with one attached hydrogen (secondary N) is 1. The molecular weight excluding hydrogens is 300 g/mol. The molecule has 0 saturated carbocycles. The van der Waals surface area contributed by atoms with Crippen molar-refractivity contribution in [3.05, 3.63) is 35.3 Å². The van der Waals surface area contributed by atoms with Gasteiger partial charge in [-0.05, 0) is 44.2 Å². The number of thioether (sulfide) groups is 1. The van der Waals surface area contributed by atoms with Crippen LogP contribution in [-0.4, -0.2) is 32.2 Å². The lowest BCUT2D eigenvalue weighted by Crippen LogP contribution is -2.14. The van der Waals surface area contributed by atoms with Crippen LogP contribution in [0.25, 0.3) is 0 Å². The molecule has 0 fully saturated rings. The van der Waals surface area contributed by atoms with Gasteiger partial charge in [0, 0.05) is 24.0 Å². The molecule has 2 aromatic heterocycles. The lowest BCUT2D eigenvalue weighted by Gasteiger charge is -2.10. The SMILES string of the molecule is CSc1nc(C)c(CCC(=O)Nc2ncccc2O)c(C)n1. The van der Waals surface area contributed by atoms with Crippen molar-refractivity contribution in [1.82, 2.24) is 15.0 Å². The standard InChI is InChI=1S/C15H18N4O2S/c1-9-11(10(2)18-15(17-9)22-3)6-7-13(21)19-14-12(20)5-4-8-16-14/h4-5,8,20H,6-7H2,1-3H3,(H,16,19,21). The van der Waals surface area contributed by atoms with Crippen LogP contribution in [0.2, 0.25) is 0 Å². The van der Waals surface area contributed by atoms with Crippen molar-refractivity contribution in [1.29, 1.82) is 0 Å². The Labute approximate surface area is 133 Å². The van der Waals surface area contributed by atoms with Gasteiger partial charge in [-0.2, -0.15) is 0 Å². The second kappa shape index (κ2) is 7.22. The number of aromatic nitrogens is 3. The number of anilines is 1. The van der Waals surface area contributed by atoms with E-state index in [1.165, 1.54) is 24.0 Å². The zero-order valence-electron chi connectivity index (χ0n) is 12.8. The van der Waals surface area contributed by atoms with Crippen molar-refractivity contribution >= 4 is 23.5 Å². The van der Waals surface area contributed by atoms with Gasteiger partial charge >= 0.3 is 0 Å². The maximum atomic E-state index is 12.0. The summed E-state index contributed by atoms with van der Waals surface area (Å²) in [6.07, 6.45) is 4.27. The number of carbonyl (C=O) groups excluding carboxylic acids is 1. The average molecular weight is 318 g/mol. The molecule has 6 nitrogen and oxygen atoms in total. The number of aryl methyl sites for hydroxylation is 2. The minimum Gasteiger partial charge on any atom is -0.504 e. The minimum absolute atomic E-state index is 0.0455. The summed E-state index contributed by atoms with van der Waals surface area (Å²) in [6, 6.07) is 3.08. The number of hydrogen-bond acceptors (Lipinski definition) is 6. The topological polar surface area (TPSA) is 88.0 Å².